The molecule has 0 bridgehead atoms. The number of allylic oxidation sites excluding steroid dienone is 2. The Hall–Kier alpha value is -1.90. The van der Waals surface area contributed by atoms with Gasteiger partial charge in [-0.25, -0.2) is 27.0 Å². The lowest BCUT2D eigenvalue weighted by Gasteiger charge is -2.38. The lowest BCUT2D eigenvalue weighted by atomic mass is 9.71. The van der Waals surface area contributed by atoms with E-state index < -0.39 is 86.6 Å². The van der Waals surface area contributed by atoms with Gasteiger partial charge in [0.15, 0.2) is 0 Å². The molecular weight excluding hydrogens is 888 g/mol. The Morgan fingerprint density at radius 3 is 2.15 bits per heavy atom. The number of aromatic amines is 1. The highest BCUT2D eigenvalue weighted by atomic mass is 35.5. The van der Waals surface area contributed by atoms with E-state index in [-0.39, 0.29) is 39.7 Å². The van der Waals surface area contributed by atoms with Gasteiger partial charge in [0.25, 0.3) is 36.9 Å². The minimum atomic E-state index is -6.78. The molecule has 0 saturated carbocycles. The predicted octanol–water partition coefficient (Wildman–Crippen LogP) is 1.38. The third kappa shape index (κ3) is 10.6. The molecule has 8 atom stereocenters. The number of nitrogens with one attached hydrogen (secondary N) is 1. The van der Waals surface area contributed by atoms with Crippen molar-refractivity contribution >= 4 is 73.7 Å². The first-order valence-electron chi connectivity index (χ1n) is 15.0. The number of aromatic nitrogens is 2. The maximum absolute atomic E-state index is 12.5. The van der Waals surface area contributed by atoms with Crippen LogP contribution >= 0.6 is 62.3 Å². The first-order chi connectivity index (χ1) is 25.1. The van der Waals surface area contributed by atoms with Crippen molar-refractivity contribution < 1.29 is 83.4 Å². The fourth-order valence-electron chi connectivity index (χ4n) is 5.50. The smallest absolute Gasteiger partial charge is 0.330 e. The van der Waals surface area contributed by atoms with Crippen LogP contribution in [0.3, 0.4) is 0 Å². The molecule has 1 saturated heterocycles. The molecule has 0 amide bonds. The number of rotatable bonds is 14. The Kier molecular flexibility index (Phi) is 12.6. The molecule has 6 unspecified atom stereocenters. The Labute approximate surface area is 318 Å². The van der Waals surface area contributed by atoms with Gasteiger partial charge in [-0.3, -0.25) is 37.2 Å². The van der Waals surface area contributed by atoms with Crippen molar-refractivity contribution in [3.63, 3.8) is 0 Å². The van der Waals surface area contributed by atoms with Crippen molar-refractivity contribution in [1.82, 2.24) is 9.55 Å². The number of H-pyrrole nitrogens is 1. The van der Waals surface area contributed by atoms with E-state index >= 15 is 0 Å². The molecule has 3 aliphatic rings. The molecule has 5 rings (SSSR count). The zero-order chi connectivity index (χ0) is 41.1. The van der Waals surface area contributed by atoms with Gasteiger partial charge in [0, 0.05) is 22.7 Å². The van der Waals surface area contributed by atoms with Crippen molar-refractivity contribution in [3.05, 3.63) is 78.1 Å². The van der Waals surface area contributed by atoms with Crippen LogP contribution < -0.4 is 40.2 Å². The number of aliphatic hydroxyl groups excluding tert-OH is 1. The number of benzene rings is 1. The lowest BCUT2D eigenvalue weighted by Crippen LogP contribution is -2.33. The lowest BCUT2D eigenvalue weighted by molar-refractivity contribution is -0.255. The summed E-state index contributed by atoms with van der Waals surface area (Å²) in [6.45, 7) is 3.72. The zero-order valence-electron chi connectivity index (χ0n) is 27.8. The fourth-order valence-corrected chi connectivity index (χ4v) is 12.3. The van der Waals surface area contributed by atoms with Crippen molar-refractivity contribution in [2.75, 3.05) is 6.61 Å². The molecule has 23 nitrogen and oxygen atoms in total. The first kappa shape index (κ1) is 44.2. The maximum atomic E-state index is 12.5. The number of ether oxygens (including phenoxy) is 1. The minimum Gasteiger partial charge on any atom is -0.756 e. The van der Waals surface area contributed by atoms with Gasteiger partial charge < -0.3 is 43.4 Å². The number of aliphatic imine (C=N–C) groups is 1. The van der Waals surface area contributed by atoms with Gasteiger partial charge in [0.2, 0.25) is 0 Å². The molecule has 1 aromatic carbocycles. The molecule has 0 radical (unpaired) electrons. The van der Waals surface area contributed by atoms with E-state index in [1.165, 1.54) is 25.3 Å². The topological polar surface area (TPSA) is 353 Å². The summed E-state index contributed by atoms with van der Waals surface area (Å²) in [5.74, 6) is -0.602. The van der Waals surface area contributed by atoms with E-state index in [0.717, 1.165) is 16.7 Å². The van der Waals surface area contributed by atoms with Crippen LogP contribution in [0.5, 0.6) is 5.75 Å². The summed E-state index contributed by atoms with van der Waals surface area (Å²) >= 11 is 12.4. The number of phosphoric acid groups is 5. The Morgan fingerprint density at radius 2 is 1.53 bits per heavy atom. The van der Waals surface area contributed by atoms with Crippen LogP contribution in [0.15, 0.2) is 60.7 Å². The third-order valence-electron chi connectivity index (χ3n) is 7.76. The second-order valence-corrected chi connectivity index (χ2v) is 20.5. The van der Waals surface area contributed by atoms with Gasteiger partial charge in [0.05, 0.1) is 34.2 Å². The van der Waals surface area contributed by atoms with Crippen LogP contribution in [0.1, 0.15) is 44.0 Å². The number of hydrogen-bond donors (Lipinski definition) is 2. The second kappa shape index (κ2) is 15.7. The highest BCUT2D eigenvalue weighted by Gasteiger charge is 2.41. The van der Waals surface area contributed by atoms with Crippen LogP contribution in [0.4, 0.5) is 5.69 Å². The third-order valence-corrected chi connectivity index (χ3v) is 15.8. The fraction of sp³-hybridized carbons (Fsp3) is 0.400. The molecule has 3 heterocycles. The predicted molar refractivity (Wildman–Crippen MR) is 178 cm³/mol. The molecular formula is C25H25Cl2N3O20P5-5. The van der Waals surface area contributed by atoms with E-state index in [0.29, 0.717) is 11.3 Å². The number of aryl methyl sites for hydroxylation is 1. The van der Waals surface area contributed by atoms with Gasteiger partial charge >= 0.3 is 13.5 Å². The number of aliphatic hydroxyl groups is 1. The van der Waals surface area contributed by atoms with Gasteiger partial charge in [-0.1, -0.05) is 37.0 Å². The van der Waals surface area contributed by atoms with Crippen LogP contribution in [-0.4, -0.2) is 39.2 Å². The summed E-state index contributed by atoms with van der Waals surface area (Å²) in [5.41, 5.74) is -1.30. The number of nitrogens with zero attached hydrogens (tertiary/aromatic N) is 2. The molecule has 2 aromatic rings. The molecule has 1 aromatic heterocycles. The van der Waals surface area contributed by atoms with Crippen LogP contribution in [-0.2, 0) is 54.7 Å². The SMILES string of the molecule is Cc1cn([C@H]2CC[C@@H](COP(=O)([O-])OP(=O)([O-])OP(=O)([O-])OP(=O)([O-])OP(=O)([O-])Oc3ccc4c(c3)C(C)(C)C3=C(Cl)C(O)C(Cl)=CC3=N4)O2)c(=O)[nH]c1=O. The summed E-state index contributed by atoms with van der Waals surface area (Å²) in [5, 5.41) is 10.2. The van der Waals surface area contributed by atoms with E-state index in [1.807, 2.05) is 4.98 Å². The highest BCUT2D eigenvalue weighted by molar-refractivity contribution is 7.70. The van der Waals surface area contributed by atoms with E-state index in [4.69, 9.17) is 27.9 Å². The molecule has 304 valence electrons. The minimum absolute atomic E-state index is 0.0139. The molecule has 55 heavy (non-hydrogen) atoms. The van der Waals surface area contributed by atoms with Gasteiger partial charge in [-0.2, -0.15) is 0 Å². The van der Waals surface area contributed by atoms with Gasteiger partial charge in [-0.05, 0) is 49.6 Å². The quantitative estimate of drug-likeness (QED) is 0.253. The van der Waals surface area contributed by atoms with Crippen molar-refractivity contribution in [1.29, 1.82) is 0 Å². The largest absolute Gasteiger partial charge is 0.756 e. The van der Waals surface area contributed by atoms with E-state index in [9.17, 15) is 62.0 Å². The molecule has 1 fully saturated rings. The highest BCUT2D eigenvalue weighted by Crippen LogP contribution is 2.69. The normalized spacial score (nSPS) is 26.2. The maximum Gasteiger partial charge on any atom is 0.330 e. The van der Waals surface area contributed by atoms with E-state index in [2.05, 4.69) is 31.3 Å². The summed E-state index contributed by atoms with van der Waals surface area (Å²) in [7, 11) is -32.2. The molecule has 1 aliphatic carbocycles. The standard InChI is InChI=1S/C25H30Cl2N3O20P5/c1-12-10-30(24(33)29-23(12)32)19-7-5-14(45-19)11-44-51(34,35)47-53(38,39)49-55(42,43)50-54(40,41)48-52(36,37)46-13-4-6-17-15(8-13)25(2,3)20-18(28-17)9-16(26)22(31)21(20)27/h4,6,8-10,14,19,22,31H,5,7,11H2,1-3H3,(H,34,35)(H,36,37)(H,38,39)(H,40,41)(H,42,43)(H,29,32,33)/p-5/t14-,19+,22?/m0/s1. The summed E-state index contributed by atoms with van der Waals surface area (Å²) < 4.78 is 90.8. The Bertz CT molecular complexity index is 2380. The molecule has 2 N–H and O–H groups in total. The summed E-state index contributed by atoms with van der Waals surface area (Å²) in [4.78, 5) is 91.1. The van der Waals surface area contributed by atoms with Crippen molar-refractivity contribution in [2.24, 2.45) is 4.99 Å². The molecule has 2 aliphatic heterocycles. The first-order valence-corrected chi connectivity index (χ1v) is 23.1. The van der Waals surface area contributed by atoms with Crippen LogP contribution in [0, 0.1) is 6.92 Å². The zero-order valence-corrected chi connectivity index (χ0v) is 33.8. The number of fused-ring (bicyclic) bond motifs is 2. The van der Waals surface area contributed by atoms with Crippen molar-refractivity contribution in [2.45, 2.75) is 57.5 Å². The van der Waals surface area contributed by atoms with Gasteiger partial charge in [-0.15, -0.1) is 0 Å². The average molecular weight is 913 g/mol. The van der Waals surface area contributed by atoms with Gasteiger partial charge in [0.1, 0.15) is 18.1 Å². The number of halogens is 2. The van der Waals surface area contributed by atoms with Crippen molar-refractivity contribution in [3.8, 4) is 5.75 Å². The summed E-state index contributed by atoms with van der Waals surface area (Å²) in [6, 6.07) is 3.35. The summed E-state index contributed by atoms with van der Waals surface area (Å²) in [6.07, 6.45) is -0.742. The number of phosphoric ester groups is 2. The van der Waals surface area contributed by atoms with Crippen LogP contribution in [0.25, 0.3) is 0 Å². The second-order valence-electron chi connectivity index (χ2n) is 12.2. The number of hydrogen-bond acceptors (Lipinski definition) is 21. The monoisotopic (exact) mass is 912 g/mol. The van der Waals surface area contributed by atoms with Crippen LogP contribution in [0.2, 0.25) is 0 Å². The molecule has 0 spiro atoms. The molecule has 30 heteroatoms. The Morgan fingerprint density at radius 1 is 0.945 bits per heavy atom. The average Bonchev–Trinajstić information content (AvgIpc) is 3.47. The Balaban J connectivity index is 1.18. The van der Waals surface area contributed by atoms with E-state index in [1.54, 1.807) is 13.8 Å².